The Morgan fingerprint density at radius 3 is 1.72 bits per heavy atom. The first-order valence-corrected chi connectivity index (χ1v) is 10.0. The second-order valence-electron chi connectivity index (χ2n) is 7.42. The van der Waals surface area contributed by atoms with Crippen LogP contribution in [-0.4, -0.2) is 11.8 Å². The fourth-order valence-electron chi connectivity index (χ4n) is 3.27. The number of anilines is 2. The molecule has 0 bridgehead atoms. The van der Waals surface area contributed by atoms with Crippen molar-refractivity contribution in [2.45, 2.75) is 26.2 Å². The highest BCUT2D eigenvalue weighted by molar-refractivity contribution is 6.00. The van der Waals surface area contributed by atoms with Crippen LogP contribution in [0, 0.1) is 5.92 Å². The van der Waals surface area contributed by atoms with Gasteiger partial charge in [0.15, 0.2) is 5.78 Å². The highest BCUT2D eigenvalue weighted by Crippen LogP contribution is 2.33. The maximum absolute atomic E-state index is 12.2. The SMILES string of the molecule is CCc1ccc(NC(=O)Nc2ccc(-c3ccc(C(=O)C4CC4)cc3)cc2)cc1. The van der Waals surface area contributed by atoms with Gasteiger partial charge < -0.3 is 10.6 Å². The van der Waals surface area contributed by atoms with Gasteiger partial charge in [-0.1, -0.05) is 55.5 Å². The Balaban J connectivity index is 1.36. The second kappa shape index (κ2) is 8.31. The molecule has 0 aliphatic heterocycles. The van der Waals surface area contributed by atoms with Crippen LogP contribution < -0.4 is 10.6 Å². The second-order valence-corrected chi connectivity index (χ2v) is 7.42. The third-order valence-corrected chi connectivity index (χ3v) is 5.21. The Bertz CT molecular complexity index is 1000. The Kier molecular flexibility index (Phi) is 5.43. The van der Waals surface area contributed by atoms with E-state index in [4.69, 9.17) is 0 Å². The summed E-state index contributed by atoms with van der Waals surface area (Å²) in [5.74, 6) is 0.494. The molecule has 0 atom stereocenters. The number of carbonyl (C=O) groups excluding carboxylic acids is 2. The van der Waals surface area contributed by atoms with Crippen molar-refractivity contribution >= 4 is 23.2 Å². The summed E-state index contributed by atoms with van der Waals surface area (Å²) in [6.07, 6.45) is 3.01. The van der Waals surface area contributed by atoms with E-state index in [1.807, 2.05) is 72.8 Å². The molecule has 0 spiro atoms. The zero-order valence-electron chi connectivity index (χ0n) is 16.4. The lowest BCUT2D eigenvalue weighted by molar-refractivity contribution is 0.0967. The number of urea groups is 1. The molecule has 4 rings (SSSR count). The molecule has 1 aliphatic rings. The fourth-order valence-corrected chi connectivity index (χ4v) is 3.27. The average molecular weight is 384 g/mol. The predicted octanol–water partition coefficient (Wildman–Crippen LogP) is 6.15. The monoisotopic (exact) mass is 384 g/mol. The first kappa shape index (κ1) is 18.9. The van der Waals surface area contributed by atoms with Gasteiger partial charge in [-0.3, -0.25) is 4.79 Å². The van der Waals surface area contributed by atoms with Crippen LogP contribution in [0.5, 0.6) is 0 Å². The van der Waals surface area contributed by atoms with Crippen molar-refractivity contribution < 1.29 is 9.59 Å². The molecule has 1 aliphatic carbocycles. The van der Waals surface area contributed by atoms with Gasteiger partial charge in [-0.15, -0.1) is 0 Å². The Labute approximate surface area is 171 Å². The van der Waals surface area contributed by atoms with Crippen LogP contribution in [0.3, 0.4) is 0 Å². The van der Waals surface area contributed by atoms with E-state index in [2.05, 4.69) is 17.6 Å². The number of ketones is 1. The maximum Gasteiger partial charge on any atom is 0.323 e. The van der Waals surface area contributed by atoms with Gasteiger partial charge in [0, 0.05) is 22.9 Å². The van der Waals surface area contributed by atoms with E-state index >= 15 is 0 Å². The highest BCUT2D eigenvalue weighted by atomic mass is 16.2. The smallest absolute Gasteiger partial charge is 0.308 e. The van der Waals surface area contributed by atoms with Gasteiger partial charge >= 0.3 is 6.03 Å². The standard InChI is InChI=1S/C25H24N2O2/c1-2-17-3-13-22(14-4-17)26-25(29)27-23-15-11-19(12-16-23)18-5-7-20(8-6-18)24(28)21-9-10-21/h3-8,11-16,21H,2,9-10H2,1H3,(H2,26,27,29). The molecule has 1 fully saturated rings. The molecule has 2 amide bonds. The molecule has 3 aromatic rings. The van der Waals surface area contributed by atoms with Crippen LogP contribution in [-0.2, 0) is 6.42 Å². The molecule has 146 valence electrons. The molecule has 0 heterocycles. The van der Waals surface area contributed by atoms with Gasteiger partial charge in [0.2, 0.25) is 0 Å². The molecule has 0 aromatic heterocycles. The summed E-state index contributed by atoms with van der Waals surface area (Å²) in [5.41, 5.74) is 5.59. The molecule has 3 aromatic carbocycles. The van der Waals surface area contributed by atoms with Crippen LogP contribution in [0.15, 0.2) is 72.8 Å². The predicted molar refractivity (Wildman–Crippen MR) is 117 cm³/mol. The number of amides is 2. The zero-order valence-corrected chi connectivity index (χ0v) is 16.4. The molecule has 0 radical (unpaired) electrons. The van der Waals surface area contributed by atoms with Gasteiger partial charge in [-0.05, 0) is 60.2 Å². The van der Waals surface area contributed by atoms with Crippen LogP contribution >= 0.6 is 0 Å². The van der Waals surface area contributed by atoms with Gasteiger partial charge in [0.25, 0.3) is 0 Å². The molecular formula is C25H24N2O2. The lowest BCUT2D eigenvalue weighted by atomic mass is 10.0. The van der Waals surface area contributed by atoms with Crippen molar-refractivity contribution in [2.24, 2.45) is 5.92 Å². The molecular weight excluding hydrogens is 360 g/mol. The third-order valence-electron chi connectivity index (χ3n) is 5.21. The van der Waals surface area contributed by atoms with Crippen molar-refractivity contribution in [1.82, 2.24) is 0 Å². The minimum Gasteiger partial charge on any atom is -0.308 e. The number of aryl methyl sites for hydroxylation is 1. The van der Waals surface area contributed by atoms with Gasteiger partial charge in [0.1, 0.15) is 0 Å². The number of hydrogen-bond acceptors (Lipinski definition) is 2. The molecule has 1 saturated carbocycles. The largest absolute Gasteiger partial charge is 0.323 e. The van der Waals surface area contributed by atoms with Crippen molar-refractivity contribution in [3.05, 3.63) is 83.9 Å². The van der Waals surface area contributed by atoms with Crippen molar-refractivity contribution in [3.8, 4) is 11.1 Å². The Morgan fingerprint density at radius 2 is 1.24 bits per heavy atom. The zero-order chi connectivity index (χ0) is 20.2. The number of benzene rings is 3. The summed E-state index contributed by atoms with van der Waals surface area (Å²) in [4.78, 5) is 24.3. The Hall–Kier alpha value is -3.40. The van der Waals surface area contributed by atoms with Crippen LogP contribution in [0.4, 0.5) is 16.2 Å². The van der Waals surface area contributed by atoms with E-state index in [-0.39, 0.29) is 17.7 Å². The number of carbonyl (C=O) groups is 2. The number of rotatable bonds is 6. The lowest BCUT2D eigenvalue weighted by Gasteiger charge is -2.09. The molecule has 2 N–H and O–H groups in total. The van der Waals surface area contributed by atoms with Crippen molar-refractivity contribution in [1.29, 1.82) is 0 Å². The quantitative estimate of drug-likeness (QED) is 0.501. The summed E-state index contributed by atoms with van der Waals surface area (Å²) >= 11 is 0. The van der Waals surface area contributed by atoms with Gasteiger partial charge in [-0.25, -0.2) is 4.79 Å². The van der Waals surface area contributed by atoms with Crippen LogP contribution in [0.2, 0.25) is 0 Å². The Morgan fingerprint density at radius 1 is 0.759 bits per heavy atom. The normalized spacial score (nSPS) is 13.0. The van der Waals surface area contributed by atoms with Gasteiger partial charge in [0.05, 0.1) is 0 Å². The number of nitrogens with one attached hydrogen (secondary N) is 2. The minimum absolute atomic E-state index is 0.238. The van der Waals surface area contributed by atoms with E-state index in [1.54, 1.807) is 0 Å². The third kappa shape index (κ3) is 4.72. The molecule has 0 unspecified atom stereocenters. The number of Topliss-reactive ketones (excluding diaryl/α,β-unsaturated/α-hetero) is 1. The van der Waals surface area contributed by atoms with E-state index in [0.717, 1.165) is 47.3 Å². The maximum atomic E-state index is 12.2. The van der Waals surface area contributed by atoms with E-state index in [0.29, 0.717) is 0 Å². The average Bonchev–Trinajstić information content (AvgIpc) is 3.60. The van der Waals surface area contributed by atoms with Crippen LogP contribution in [0.1, 0.15) is 35.7 Å². The topological polar surface area (TPSA) is 58.2 Å². The summed E-state index contributed by atoms with van der Waals surface area (Å²) < 4.78 is 0. The molecule has 29 heavy (non-hydrogen) atoms. The molecule has 4 heteroatoms. The van der Waals surface area contributed by atoms with E-state index in [9.17, 15) is 9.59 Å². The minimum atomic E-state index is -0.273. The first-order chi connectivity index (χ1) is 14.1. The van der Waals surface area contributed by atoms with Crippen molar-refractivity contribution in [2.75, 3.05) is 10.6 Å². The van der Waals surface area contributed by atoms with E-state index < -0.39 is 0 Å². The van der Waals surface area contributed by atoms with E-state index in [1.165, 1.54) is 5.56 Å². The van der Waals surface area contributed by atoms with Crippen LogP contribution in [0.25, 0.3) is 11.1 Å². The van der Waals surface area contributed by atoms with Crippen molar-refractivity contribution in [3.63, 3.8) is 0 Å². The lowest BCUT2D eigenvalue weighted by Crippen LogP contribution is -2.19. The number of hydrogen-bond donors (Lipinski definition) is 2. The molecule has 0 saturated heterocycles. The van der Waals surface area contributed by atoms with Gasteiger partial charge in [-0.2, -0.15) is 0 Å². The summed E-state index contributed by atoms with van der Waals surface area (Å²) in [6, 6.07) is 23.0. The summed E-state index contributed by atoms with van der Waals surface area (Å²) in [6.45, 7) is 2.10. The highest BCUT2D eigenvalue weighted by Gasteiger charge is 2.30. The molecule has 4 nitrogen and oxygen atoms in total. The summed E-state index contributed by atoms with van der Waals surface area (Å²) in [7, 11) is 0. The first-order valence-electron chi connectivity index (χ1n) is 10.0. The fraction of sp³-hybridized carbons (Fsp3) is 0.200. The summed E-state index contributed by atoms with van der Waals surface area (Å²) in [5, 5.41) is 5.68.